The second kappa shape index (κ2) is 7.20. The summed E-state index contributed by atoms with van der Waals surface area (Å²) in [6, 6.07) is 13.4. The molecule has 4 rings (SSSR count). The Bertz CT molecular complexity index is 1050. The fourth-order valence-corrected chi connectivity index (χ4v) is 3.90. The molecule has 2 heterocycles. The summed E-state index contributed by atoms with van der Waals surface area (Å²) in [4.78, 5) is 12.3. The molecule has 1 unspecified atom stereocenters. The molecule has 3 aromatic rings. The van der Waals surface area contributed by atoms with E-state index in [1.54, 1.807) is 12.1 Å². The summed E-state index contributed by atoms with van der Waals surface area (Å²) in [5.74, 6) is 0.414. The average Bonchev–Trinajstić information content (AvgIpc) is 2.99. The van der Waals surface area contributed by atoms with Gasteiger partial charge in [-0.25, -0.2) is 0 Å². The van der Waals surface area contributed by atoms with Gasteiger partial charge in [0.15, 0.2) is 17.3 Å². The molecular weight excluding hydrogens is 378 g/mol. The molecule has 1 aliphatic heterocycles. The Kier molecular flexibility index (Phi) is 4.73. The Morgan fingerprint density at radius 2 is 2.07 bits per heavy atom. The number of carbonyl (C=O) groups is 1. The highest BCUT2D eigenvalue weighted by atomic mass is 35.5. The number of anilines is 1. The third kappa shape index (κ3) is 3.20. The summed E-state index contributed by atoms with van der Waals surface area (Å²) in [6.07, 6.45) is 0.273. The number of amides is 1. The SMILES string of the molecule is COc1cc(C2CC(=O)Nc3nn(Cc4ccccc4)c(C)c32)cc(Cl)c1O. The third-order valence-corrected chi connectivity index (χ3v) is 5.38. The number of aromatic nitrogens is 2. The summed E-state index contributed by atoms with van der Waals surface area (Å²) in [7, 11) is 1.47. The molecule has 144 valence electrons. The van der Waals surface area contributed by atoms with Gasteiger partial charge in [0.05, 0.1) is 18.7 Å². The number of aromatic hydroxyl groups is 1. The molecule has 0 saturated carbocycles. The van der Waals surface area contributed by atoms with Crippen LogP contribution in [0.25, 0.3) is 0 Å². The van der Waals surface area contributed by atoms with Gasteiger partial charge in [-0.3, -0.25) is 9.48 Å². The van der Waals surface area contributed by atoms with Crippen molar-refractivity contribution >= 4 is 23.3 Å². The van der Waals surface area contributed by atoms with Crippen LogP contribution in [-0.2, 0) is 11.3 Å². The molecule has 0 spiro atoms. The lowest BCUT2D eigenvalue weighted by atomic mass is 9.85. The van der Waals surface area contributed by atoms with Crippen LogP contribution in [0.1, 0.15) is 34.7 Å². The third-order valence-electron chi connectivity index (χ3n) is 5.10. The minimum absolute atomic E-state index is 0.106. The first-order chi connectivity index (χ1) is 13.5. The topological polar surface area (TPSA) is 76.4 Å². The van der Waals surface area contributed by atoms with Gasteiger partial charge in [-0.1, -0.05) is 41.9 Å². The molecule has 1 aromatic heterocycles. The first-order valence-corrected chi connectivity index (χ1v) is 9.33. The van der Waals surface area contributed by atoms with Gasteiger partial charge < -0.3 is 15.2 Å². The lowest BCUT2D eigenvalue weighted by Crippen LogP contribution is -2.23. The summed E-state index contributed by atoms with van der Waals surface area (Å²) in [5, 5.41) is 17.7. The molecule has 1 amide bonds. The highest BCUT2D eigenvalue weighted by Crippen LogP contribution is 2.43. The smallest absolute Gasteiger partial charge is 0.226 e. The number of benzene rings is 2. The van der Waals surface area contributed by atoms with Gasteiger partial charge in [0, 0.05) is 23.6 Å². The van der Waals surface area contributed by atoms with E-state index in [4.69, 9.17) is 16.3 Å². The predicted octanol–water partition coefficient (Wildman–Crippen LogP) is 4.08. The number of phenols is 1. The Morgan fingerprint density at radius 3 is 2.79 bits per heavy atom. The second-order valence-electron chi connectivity index (χ2n) is 6.85. The minimum Gasteiger partial charge on any atom is -0.503 e. The minimum atomic E-state index is -0.222. The van der Waals surface area contributed by atoms with Gasteiger partial charge in [0.25, 0.3) is 0 Å². The number of fused-ring (bicyclic) bond motifs is 1. The maximum atomic E-state index is 12.3. The number of nitrogens with one attached hydrogen (secondary N) is 1. The van der Waals surface area contributed by atoms with Gasteiger partial charge in [-0.15, -0.1) is 0 Å². The van der Waals surface area contributed by atoms with Gasteiger partial charge >= 0.3 is 0 Å². The van der Waals surface area contributed by atoms with E-state index < -0.39 is 0 Å². The van der Waals surface area contributed by atoms with Crippen molar-refractivity contribution in [2.24, 2.45) is 0 Å². The molecule has 2 N–H and O–H groups in total. The van der Waals surface area contributed by atoms with Gasteiger partial charge in [0.2, 0.25) is 5.91 Å². The van der Waals surface area contributed by atoms with Gasteiger partial charge in [-0.2, -0.15) is 5.10 Å². The predicted molar refractivity (Wildman–Crippen MR) is 107 cm³/mol. The van der Waals surface area contributed by atoms with E-state index in [9.17, 15) is 9.90 Å². The van der Waals surface area contributed by atoms with Crippen LogP contribution in [0.3, 0.4) is 0 Å². The number of hydrogen-bond donors (Lipinski definition) is 2. The standard InChI is InChI=1S/C21H20ClN3O3/c1-12-19-15(14-8-16(22)20(27)17(9-14)28-2)10-18(26)23-21(19)24-25(12)11-13-6-4-3-5-7-13/h3-9,15,27H,10-11H2,1-2H3,(H,23,24,26). The number of nitrogens with zero attached hydrogens (tertiary/aromatic N) is 2. The Morgan fingerprint density at radius 1 is 1.32 bits per heavy atom. The molecule has 28 heavy (non-hydrogen) atoms. The van der Waals surface area contributed by atoms with Crippen LogP contribution < -0.4 is 10.1 Å². The average molecular weight is 398 g/mol. The summed E-state index contributed by atoms with van der Waals surface area (Å²) in [5.41, 5.74) is 3.87. The van der Waals surface area contributed by atoms with Crippen LogP contribution in [0, 0.1) is 6.92 Å². The first kappa shape index (κ1) is 18.4. The van der Waals surface area contributed by atoms with Gasteiger partial charge in [-0.05, 0) is 30.2 Å². The van der Waals surface area contributed by atoms with E-state index in [0.29, 0.717) is 12.4 Å². The van der Waals surface area contributed by atoms with Crippen LogP contribution in [0.2, 0.25) is 5.02 Å². The molecule has 0 bridgehead atoms. The van der Waals surface area contributed by atoms with Crippen LogP contribution >= 0.6 is 11.6 Å². The number of halogens is 1. The van der Waals surface area contributed by atoms with Crippen molar-refractivity contribution in [1.29, 1.82) is 0 Å². The molecular formula is C21H20ClN3O3. The van der Waals surface area contributed by atoms with Crippen molar-refractivity contribution in [3.63, 3.8) is 0 Å². The molecule has 0 aliphatic carbocycles. The van der Waals surface area contributed by atoms with E-state index >= 15 is 0 Å². The van der Waals surface area contributed by atoms with E-state index in [2.05, 4.69) is 10.4 Å². The second-order valence-corrected chi connectivity index (χ2v) is 7.26. The lowest BCUT2D eigenvalue weighted by Gasteiger charge is -2.24. The zero-order chi connectivity index (χ0) is 19.8. The van der Waals surface area contributed by atoms with E-state index in [1.165, 1.54) is 7.11 Å². The molecule has 0 radical (unpaired) electrons. The Labute approximate surface area is 167 Å². The lowest BCUT2D eigenvalue weighted by molar-refractivity contribution is -0.116. The molecule has 2 aromatic carbocycles. The van der Waals surface area contributed by atoms with Crippen molar-refractivity contribution in [2.75, 3.05) is 12.4 Å². The molecule has 1 aliphatic rings. The largest absolute Gasteiger partial charge is 0.503 e. The summed E-state index contributed by atoms with van der Waals surface area (Å²) >= 11 is 6.18. The van der Waals surface area contributed by atoms with E-state index in [-0.39, 0.29) is 34.8 Å². The first-order valence-electron chi connectivity index (χ1n) is 8.95. The number of carbonyl (C=O) groups excluding carboxylic acids is 1. The van der Waals surface area contributed by atoms with Crippen molar-refractivity contribution in [1.82, 2.24) is 9.78 Å². The fourth-order valence-electron chi connectivity index (χ4n) is 3.69. The molecule has 0 saturated heterocycles. The summed E-state index contributed by atoms with van der Waals surface area (Å²) < 4.78 is 7.13. The van der Waals surface area contributed by atoms with Crippen molar-refractivity contribution in [3.05, 3.63) is 69.9 Å². The van der Waals surface area contributed by atoms with Gasteiger partial charge in [0.1, 0.15) is 0 Å². The van der Waals surface area contributed by atoms with Crippen molar-refractivity contribution in [3.8, 4) is 11.5 Å². The highest BCUT2D eigenvalue weighted by molar-refractivity contribution is 6.32. The zero-order valence-electron chi connectivity index (χ0n) is 15.6. The number of phenolic OH excluding ortho intramolecular Hbond substituents is 1. The quantitative estimate of drug-likeness (QED) is 0.695. The number of ether oxygens (including phenoxy) is 1. The Balaban J connectivity index is 1.79. The van der Waals surface area contributed by atoms with Crippen LogP contribution in [0.15, 0.2) is 42.5 Å². The van der Waals surface area contributed by atoms with E-state index in [0.717, 1.165) is 22.4 Å². The van der Waals surface area contributed by atoms with Crippen LogP contribution in [0.5, 0.6) is 11.5 Å². The maximum Gasteiger partial charge on any atom is 0.226 e. The highest BCUT2D eigenvalue weighted by Gasteiger charge is 2.32. The molecule has 0 fully saturated rings. The van der Waals surface area contributed by atoms with E-state index in [1.807, 2.05) is 41.9 Å². The zero-order valence-corrected chi connectivity index (χ0v) is 16.3. The molecule has 1 atom stereocenters. The Hall–Kier alpha value is -2.99. The number of methoxy groups -OCH3 is 1. The fraction of sp³-hybridized carbons (Fsp3) is 0.238. The van der Waals surface area contributed by atoms with Crippen molar-refractivity contribution in [2.45, 2.75) is 25.8 Å². The molecule has 6 nitrogen and oxygen atoms in total. The normalized spacial score (nSPS) is 15.8. The summed E-state index contributed by atoms with van der Waals surface area (Å²) in [6.45, 7) is 2.61. The van der Waals surface area contributed by atoms with Crippen LogP contribution in [0.4, 0.5) is 5.82 Å². The monoisotopic (exact) mass is 397 g/mol. The van der Waals surface area contributed by atoms with Crippen molar-refractivity contribution < 1.29 is 14.6 Å². The molecule has 7 heteroatoms. The maximum absolute atomic E-state index is 12.3. The van der Waals surface area contributed by atoms with Crippen LogP contribution in [-0.4, -0.2) is 27.9 Å². The number of rotatable bonds is 4. The number of hydrogen-bond acceptors (Lipinski definition) is 4.